The molecule has 0 aromatic heterocycles. The third-order valence-electron chi connectivity index (χ3n) is 3.70. The minimum absolute atomic E-state index is 0.0335. The van der Waals surface area contributed by atoms with Gasteiger partial charge in [-0.25, -0.2) is 0 Å². The Bertz CT molecular complexity index is 233. The quantitative estimate of drug-likeness (QED) is 0.276. The topological polar surface area (TPSA) is 33.3 Å². The fourth-order valence-corrected chi connectivity index (χ4v) is 2.82. The van der Waals surface area contributed by atoms with E-state index in [1.807, 2.05) is 7.05 Å². The summed E-state index contributed by atoms with van der Waals surface area (Å²) in [7, 11) is 2.03. The molecule has 0 atom stereocenters. The van der Waals surface area contributed by atoms with Gasteiger partial charge in [-0.2, -0.15) is 0 Å². The van der Waals surface area contributed by atoms with Crippen LogP contribution in [0.25, 0.3) is 0 Å². The van der Waals surface area contributed by atoms with Gasteiger partial charge in [0.15, 0.2) is 0 Å². The molecule has 20 heavy (non-hydrogen) atoms. The van der Waals surface area contributed by atoms with E-state index >= 15 is 0 Å². The number of hydrogen-bond acceptors (Lipinski definition) is 3. The largest absolute Gasteiger partial charge is 0.376 e. The number of ether oxygens (including phenoxy) is 1. The third-order valence-corrected chi connectivity index (χ3v) is 4.24. The highest BCUT2D eigenvalue weighted by molar-refractivity contribution is 14.1. The van der Waals surface area contributed by atoms with Crippen LogP contribution in [0, 0.1) is 5.41 Å². The van der Waals surface area contributed by atoms with Crippen molar-refractivity contribution in [3.8, 4) is 0 Å². The Morgan fingerprint density at radius 1 is 0.950 bits per heavy atom. The van der Waals surface area contributed by atoms with E-state index in [0.29, 0.717) is 5.41 Å². The Morgan fingerprint density at radius 2 is 1.60 bits per heavy atom. The molecule has 0 radical (unpaired) electrons. The highest BCUT2D eigenvalue weighted by atomic mass is 127. The normalized spacial score (nSPS) is 12.9. The van der Waals surface area contributed by atoms with Gasteiger partial charge in [0.05, 0.1) is 5.60 Å². The van der Waals surface area contributed by atoms with Gasteiger partial charge in [-0.3, -0.25) is 3.53 Å². The van der Waals surface area contributed by atoms with Crippen molar-refractivity contribution in [1.29, 1.82) is 0 Å². The van der Waals surface area contributed by atoms with Crippen molar-refractivity contribution >= 4 is 22.9 Å². The standard InChI is InChI=1S/C16H35IN2O/c1-15(2,14-18-5)10-7-9-13-20-16(3,4)11-6-8-12-19-17/h18-19H,6-14H2,1-5H3. The summed E-state index contributed by atoms with van der Waals surface area (Å²) in [4.78, 5) is 0. The van der Waals surface area contributed by atoms with E-state index in [1.54, 1.807) is 0 Å². The Labute approximate surface area is 140 Å². The lowest BCUT2D eigenvalue weighted by Crippen LogP contribution is -2.27. The molecule has 4 heteroatoms. The van der Waals surface area contributed by atoms with Crippen LogP contribution in [0.5, 0.6) is 0 Å². The van der Waals surface area contributed by atoms with E-state index in [0.717, 1.165) is 26.1 Å². The SMILES string of the molecule is CNCC(C)(C)CCCCOC(C)(C)CCCCNI. The van der Waals surface area contributed by atoms with Crippen LogP contribution in [0.15, 0.2) is 0 Å². The summed E-state index contributed by atoms with van der Waals surface area (Å²) in [6, 6.07) is 0. The van der Waals surface area contributed by atoms with Crippen molar-refractivity contribution < 1.29 is 4.74 Å². The molecule has 0 spiro atoms. The molecule has 0 aromatic rings. The van der Waals surface area contributed by atoms with Gasteiger partial charge in [-0.05, 0) is 65.0 Å². The zero-order valence-electron chi connectivity index (χ0n) is 14.2. The smallest absolute Gasteiger partial charge is 0.0626 e. The van der Waals surface area contributed by atoms with Gasteiger partial charge in [0.1, 0.15) is 0 Å². The molecule has 0 saturated carbocycles. The van der Waals surface area contributed by atoms with Gasteiger partial charge in [0.2, 0.25) is 0 Å². The van der Waals surface area contributed by atoms with Crippen LogP contribution in [0.4, 0.5) is 0 Å². The summed E-state index contributed by atoms with van der Waals surface area (Å²) in [6.07, 6.45) is 7.30. The first-order valence-electron chi connectivity index (χ1n) is 7.95. The van der Waals surface area contributed by atoms with E-state index in [2.05, 4.69) is 59.4 Å². The third kappa shape index (κ3) is 12.4. The molecule has 0 saturated heterocycles. The van der Waals surface area contributed by atoms with Crippen LogP contribution >= 0.6 is 22.9 Å². The summed E-state index contributed by atoms with van der Waals surface area (Å²) in [5.41, 5.74) is 0.433. The minimum Gasteiger partial charge on any atom is -0.376 e. The molecule has 3 nitrogen and oxygen atoms in total. The predicted molar refractivity (Wildman–Crippen MR) is 97.5 cm³/mol. The van der Waals surface area contributed by atoms with Crippen molar-refractivity contribution in [1.82, 2.24) is 8.85 Å². The molecular weight excluding hydrogens is 363 g/mol. The molecule has 122 valence electrons. The van der Waals surface area contributed by atoms with Crippen LogP contribution in [0.3, 0.4) is 0 Å². The molecule has 0 aliphatic carbocycles. The molecule has 0 bridgehead atoms. The molecule has 0 heterocycles. The second-order valence-electron chi connectivity index (χ2n) is 7.10. The lowest BCUT2D eigenvalue weighted by Gasteiger charge is -2.27. The highest BCUT2D eigenvalue weighted by Crippen LogP contribution is 2.23. The maximum absolute atomic E-state index is 6.05. The Kier molecular flexibility index (Phi) is 11.6. The second kappa shape index (κ2) is 11.2. The first-order valence-corrected chi connectivity index (χ1v) is 9.03. The van der Waals surface area contributed by atoms with E-state index in [9.17, 15) is 0 Å². The number of unbranched alkanes of at least 4 members (excludes halogenated alkanes) is 2. The number of halogens is 1. The molecule has 0 aliphatic heterocycles. The Balaban J connectivity index is 3.61. The van der Waals surface area contributed by atoms with Crippen LogP contribution in [0.1, 0.15) is 66.2 Å². The Morgan fingerprint density at radius 3 is 2.20 bits per heavy atom. The number of rotatable bonds is 13. The van der Waals surface area contributed by atoms with Crippen LogP contribution < -0.4 is 8.85 Å². The van der Waals surface area contributed by atoms with Crippen LogP contribution in [0.2, 0.25) is 0 Å². The zero-order chi connectivity index (χ0) is 15.5. The van der Waals surface area contributed by atoms with E-state index in [1.165, 1.54) is 32.1 Å². The molecule has 0 rings (SSSR count). The number of hydrogen-bond donors (Lipinski definition) is 2. The van der Waals surface area contributed by atoms with Gasteiger partial charge in [0, 0.05) is 36.0 Å². The molecule has 0 unspecified atom stereocenters. The van der Waals surface area contributed by atoms with Crippen molar-refractivity contribution in [2.45, 2.75) is 71.8 Å². The average molecular weight is 398 g/mol. The van der Waals surface area contributed by atoms with Gasteiger partial charge < -0.3 is 10.1 Å². The Hall–Kier alpha value is 0.610. The molecule has 0 amide bonds. The van der Waals surface area contributed by atoms with Crippen LogP contribution in [-0.2, 0) is 4.74 Å². The minimum atomic E-state index is 0.0335. The van der Waals surface area contributed by atoms with Gasteiger partial charge >= 0.3 is 0 Å². The first kappa shape index (κ1) is 20.6. The van der Waals surface area contributed by atoms with Crippen molar-refractivity contribution in [3.63, 3.8) is 0 Å². The highest BCUT2D eigenvalue weighted by Gasteiger charge is 2.18. The number of nitrogens with one attached hydrogen (secondary N) is 2. The van der Waals surface area contributed by atoms with E-state index in [4.69, 9.17) is 4.74 Å². The van der Waals surface area contributed by atoms with E-state index in [-0.39, 0.29) is 5.60 Å². The molecule has 0 aliphatic rings. The van der Waals surface area contributed by atoms with E-state index < -0.39 is 0 Å². The maximum atomic E-state index is 6.05. The second-order valence-corrected chi connectivity index (χ2v) is 7.86. The average Bonchev–Trinajstić information content (AvgIpc) is 2.34. The van der Waals surface area contributed by atoms with Gasteiger partial charge in [-0.1, -0.05) is 20.3 Å². The molecular formula is C16H35IN2O. The lowest BCUT2D eigenvalue weighted by molar-refractivity contribution is -0.0270. The zero-order valence-corrected chi connectivity index (χ0v) is 16.3. The summed E-state index contributed by atoms with van der Waals surface area (Å²) in [6.45, 7) is 12.2. The predicted octanol–water partition coefficient (Wildman–Crippen LogP) is 4.31. The summed E-state index contributed by atoms with van der Waals surface area (Å²) in [5, 5.41) is 3.27. The summed E-state index contributed by atoms with van der Waals surface area (Å²) >= 11 is 2.21. The molecule has 0 fully saturated rings. The van der Waals surface area contributed by atoms with Crippen LogP contribution in [-0.4, -0.2) is 32.3 Å². The summed E-state index contributed by atoms with van der Waals surface area (Å²) in [5.74, 6) is 0. The van der Waals surface area contributed by atoms with Crippen molar-refractivity contribution in [3.05, 3.63) is 0 Å². The van der Waals surface area contributed by atoms with Gasteiger partial charge in [0.25, 0.3) is 0 Å². The monoisotopic (exact) mass is 398 g/mol. The first-order chi connectivity index (χ1) is 9.33. The molecule has 0 aromatic carbocycles. The fraction of sp³-hybridized carbons (Fsp3) is 1.00. The summed E-state index contributed by atoms with van der Waals surface area (Å²) < 4.78 is 9.21. The lowest BCUT2D eigenvalue weighted by atomic mass is 9.87. The van der Waals surface area contributed by atoms with Gasteiger partial charge in [-0.15, -0.1) is 0 Å². The maximum Gasteiger partial charge on any atom is 0.0626 e. The molecule has 2 N–H and O–H groups in total. The van der Waals surface area contributed by atoms with Crippen molar-refractivity contribution in [2.75, 3.05) is 26.7 Å². The van der Waals surface area contributed by atoms with Crippen molar-refractivity contribution in [2.24, 2.45) is 5.41 Å². The fourth-order valence-electron chi connectivity index (χ4n) is 2.44.